The van der Waals surface area contributed by atoms with Crippen molar-refractivity contribution in [2.24, 2.45) is 11.3 Å². The molecule has 1 aliphatic heterocycles. The van der Waals surface area contributed by atoms with Gasteiger partial charge in [0.1, 0.15) is 5.82 Å². The Morgan fingerprint density at radius 2 is 1.97 bits per heavy atom. The molecule has 0 spiro atoms. The fourth-order valence-electron chi connectivity index (χ4n) is 4.90. The number of nitrogens with zero attached hydrogens (tertiary/aromatic N) is 2. The molecule has 4 nitrogen and oxygen atoms in total. The third kappa shape index (κ3) is 5.00. The maximum atomic E-state index is 13.4. The van der Waals surface area contributed by atoms with Crippen LogP contribution in [0.1, 0.15) is 49.8 Å². The molecule has 2 fully saturated rings. The highest BCUT2D eigenvalue weighted by atomic mass is 35.5. The van der Waals surface area contributed by atoms with Gasteiger partial charge in [-0.2, -0.15) is 5.10 Å². The number of benzene rings is 2. The number of aromatic nitrogens is 2. The Balaban J connectivity index is 1.34. The first-order valence-electron chi connectivity index (χ1n) is 11.7. The highest BCUT2D eigenvalue weighted by Crippen LogP contribution is 2.37. The summed E-state index contributed by atoms with van der Waals surface area (Å²) >= 11 is 6.46. The smallest absolute Gasteiger partial charge is 0.123 e. The molecular weight excluding hydrogens is 425 g/mol. The minimum atomic E-state index is -0.191. The summed E-state index contributed by atoms with van der Waals surface area (Å²) in [5.41, 5.74) is 3.24. The first-order valence-corrected chi connectivity index (χ1v) is 12.1. The second kappa shape index (κ2) is 9.12. The van der Waals surface area contributed by atoms with E-state index in [0.717, 1.165) is 71.9 Å². The number of hydrogen-bond donors (Lipinski definition) is 1. The van der Waals surface area contributed by atoms with Crippen molar-refractivity contribution in [2.75, 3.05) is 19.7 Å². The fraction of sp³-hybridized carbons (Fsp3) is 0.500. The number of nitrogens with one attached hydrogen (secondary N) is 1. The van der Waals surface area contributed by atoms with Crippen molar-refractivity contribution in [1.29, 1.82) is 0 Å². The van der Waals surface area contributed by atoms with E-state index in [-0.39, 0.29) is 17.3 Å². The van der Waals surface area contributed by atoms with E-state index in [1.54, 1.807) is 12.1 Å². The zero-order chi connectivity index (χ0) is 22.1. The molecule has 2 aromatic carbocycles. The van der Waals surface area contributed by atoms with Gasteiger partial charge < -0.3 is 10.1 Å². The molecule has 1 atom stereocenters. The van der Waals surface area contributed by atoms with Crippen molar-refractivity contribution in [3.05, 3.63) is 64.6 Å². The van der Waals surface area contributed by atoms with E-state index in [4.69, 9.17) is 21.4 Å². The first kappa shape index (κ1) is 21.9. The van der Waals surface area contributed by atoms with Crippen molar-refractivity contribution in [2.45, 2.75) is 51.7 Å². The Morgan fingerprint density at radius 3 is 2.69 bits per heavy atom. The second-order valence-corrected chi connectivity index (χ2v) is 10.2. The summed E-state index contributed by atoms with van der Waals surface area (Å²) in [6.45, 7) is 5.69. The van der Waals surface area contributed by atoms with Crippen LogP contribution in [0.3, 0.4) is 0 Å². The lowest BCUT2D eigenvalue weighted by Crippen LogP contribution is -2.41. The second-order valence-electron chi connectivity index (χ2n) is 9.73. The summed E-state index contributed by atoms with van der Waals surface area (Å²) in [6, 6.07) is 10.9. The minimum Gasteiger partial charge on any atom is -0.373 e. The van der Waals surface area contributed by atoms with Crippen molar-refractivity contribution in [3.8, 4) is 0 Å². The van der Waals surface area contributed by atoms with E-state index in [9.17, 15) is 4.39 Å². The molecule has 0 radical (unpaired) electrons. The summed E-state index contributed by atoms with van der Waals surface area (Å²) in [5.74, 6) is 0.576. The molecule has 0 bridgehead atoms. The number of fused-ring (bicyclic) bond motifs is 1. The van der Waals surface area contributed by atoms with Gasteiger partial charge in [-0.1, -0.05) is 23.7 Å². The molecule has 3 aromatic rings. The fourth-order valence-corrected chi connectivity index (χ4v) is 5.13. The van der Waals surface area contributed by atoms with Crippen LogP contribution in [-0.4, -0.2) is 29.5 Å². The molecule has 2 heterocycles. The van der Waals surface area contributed by atoms with Gasteiger partial charge in [0.25, 0.3) is 0 Å². The number of ether oxygens (including phenoxy) is 1. The van der Waals surface area contributed by atoms with Crippen LogP contribution in [0.4, 0.5) is 4.39 Å². The van der Waals surface area contributed by atoms with Crippen molar-refractivity contribution < 1.29 is 9.13 Å². The number of rotatable bonds is 8. The predicted octanol–water partition coefficient (Wildman–Crippen LogP) is 5.93. The predicted molar refractivity (Wildman–Crippen MR) is 126 cm³/mol. The standard InChI is InChI=1S/C26H31ClFN3O/c1-18(24-13-22(27)12-21-16-31(30-25(21)24)15-20-2-3-20)32-17-26(8-10-29-11-9-26)14-19-4-6-23(28)7-5-19/h4-7,12-13,16,18,20,29H,2-3,8-11,14-15,17H2,1H3/t18-/m1/s1. The first-order chi connectivity index (χ1) is 15.5. The molecule has 6 heteroatoms. The van der Waals surface area contributed by atoms with E-state index in [1.165, 1.54) is 12.8 Å². The lowest BCUT2D eigenvalue weighted by molar-refractivity contribution is -0.0158. The molecule has 170 valence electrons. The van der Waals surface area contributed by atoms with Crippen molar-refractivity contribution in [3.63, 3.8) is 0 Å². The Morgan fingerprint density at radius 1 is 1.22 bits per heavy atom. The molecule has 0 amide bonds. The number of piperidine rings is 1. The van der Waals surface area contributed by atoms with E-state index < -0.39 is 0 Å². The van der Waals surface area contributed by atoms with Gasteiger partial charge in [-0.15, -0.1) is 0 Å². The average molecular weight is 456 g/mol. The molecule has 1 aliphatic carbocycles. The van der Waals surface area contributed by atoms with Gasteiger partial charge in [-0.25, -0.2) is 4.39 Å². The molecule has 32 heavy (non-hydrogen) atoms. The van der Waals surface area contributed by atoms with Crippen LogP contribution in [0, 0.1) is 17.2 Å². The highest BCUT2D eigenvalue weighted by Gasteiger charge is 2.33. The summed E-state index contributed by atoms with van der Waals surface area (Å²) in [7, 11) is 0. The lowest BCUT2D eigenvalue weighted by atomic mass is 9.75. The van der Waals surface area contributed by atoms with Crippen molar-refractivity contribution in [1.82, 2.24) is 15.1 Å². The van der Waals surface area contributed by atoms with Gasteiger partial charge in [-0.05, 0) is 87.9 Å². The van der Waals surface area contributed by atoms with Crippen LogP contribution in [0.15, 0.2) is 42.6 Å². The molecule has 1 saturated carbocycles. The largest absolute Gasteiger partial charge is 0.373 e. The van der Waals surface area contributed by atoms with Gasteiger partial charge in [-0.3, -0.25) is 4.68 Å². The molecule has 1 saturated heterocycles. The van der Waals surface area contributed by atoms with Crippen LogP contribution >= 0.6 is 11.6 Å². The highest BCUT2D eigenvalue weighted by molar-refractivity contribution is 6.31. The van der Waals surface area contributed by atoms with Crippen LogP contribution in [-0.2, 0) is 17.7 Å². The van der Waals surface area contributed by atoms with Gasteiger partial charge in [0.15, 0.2) is 0 Å². The Labute approximate surface area is 194 Å². The monoisotopic (exact) mass is 455 g/mol. The summed E-state index contributed by atoms with van der Waals surface area (Å²) in [6.07, 6.45) is 7.57. The average Bonchev–Trinajstić information content (AvgIpc) is 3.51. The number of halogens is 2. The van der Waals surface area contributed by atoms with Crippen LogP contribution in [0.25, 0.3) is 10.9 Å². The van der Waals surface area contributed by atoms with Crippen LogP contribution < -0.4 is 5.32 Å². The molecule has 5 rings (SSSR count). The zero-order valence-electron chi connectivity index (χ0n) is 18.6. The third-order valence-electron chi connectivity index (χ3n) is 7.03. The maximum Gasteiger partial charge on any atom is 0.123 e. The maximum absolute atomic E-state index is 13.4. The lowest BCUT2D eigenvalue weighted by Gasteiger charge is -2.38. The molecule has 2 aliphatic rings. The molecule has 1 aromatic heterocycles. The summed E-state index contributed by atoms with van der Waals surface area (Å²) in [5, 5.41) is 10.1. The number of hydrogen-bond acceptors (Lipinski definition) is 3. The van der Waals surface area contributed by atoms with Crippen molar-refractivity contribution >= 4 is 22.5 Å². The van der Waals surface area contributed by atoms with Gasteiger partial charge in [0.05, 0.1) is 18.2 Å². The van der Waals surface area contributed by atoms with Gasteiger partial charge in [0.2, 0.25) is 0 Å². The van der Waals surface area contributed by atoms with E-state index >= 15 is 0 Å². The van der Waals surface area contributed by atoms with Gasteiger partial charge in [0, 0.05) is 34.1 Å². The zero-order valence-corrected chi connectivity index (χ0v) is 19.4. The van der Waals surface area contributed by atoms with Crippen LogP contribution in [0.5, 0.6) is 0 Å². The molecule has 0 unspecified atom stereocenters. The summed E-state index contributed by atoms with van der Waals surface area (Å²) < 4.78 is 22.0. The Kier molecular flexibility index (Phi) is 6.24. The Bertz CT molecular complexity index is 1070. The third-order valence-corrected chi connectivity index (χ3v) is 7.24. The van der Waals surface area contributed by atoms with E-state index in [0.29, 0.717) is 6.61 Å². The molecule has 1 N–H and O–H groups in total. The molecular formula is C26H31ClFN3O. The normalized spacial score (nSPS) is 19.3. The quantitative estimate of drug-likeness (QED) is 0.457. The Hall–Kier alpha value is -1.95. The SMILES string of the molecule is C[C@@H](OCC1(Cc2ccc(F)cc2)CCNCC1)c1cc(Cl)cc2cn(CC3CC3)nc12. The van der Waals surface area contributed by atoms with E-state index in [1.807, 2.05) is 24.3 Å². The van der Waals surface area contributed by atoms with Gasteiger partial charge >= 0.3 is 0 Å². The minimum absolute atomic E-state index is 0.0420. The topological polar surface area (TPSA) is 39.1 Å². The summed E-state index contributed by atoms with van der Waals surface area (Å²) in [4.78, 5) is 0. The van der Waals surface area contributed by atoms with Crippen LogP contribution in [0.2, 0.25) is 5.02 Å². The van der Waals surface area contributed by atoms with E-state index in [2.05, 4.69) is 23.1 Å².